The SMILES string of the molecule is COc1ccc(C2=Nc3c(ccc4ccccc34)C(c3ccccc3)=NN2)cc1. The van der Waals surface area contributed by atoms with E-state index >= 15 is 0 Å². The topological polar surface area (TPSA) is 46.0 Å². The Labute approximate surface area is 169 Å². The molecule has 0 spiro atoms. The minimum atomic E-state index is 0.705. The minimum Gasteiger partial charge on any atom is -0.497 e. The van der Waals surface area contributed by atoms with E-state index in [9.17, 15) is 0 Å². The summed E-state index contributed by atoms with van der Waals surface area (Å²) in [5.41, 5.74) is 7.98. The van der Waals surface area contributed by atoms with Crippen molar-refractivity contribution in [1.29, 1.82) is 0 Å². The van der Waals surface area contributed by atoms with Gasteiger partial charge >= 0.3 is 0 Å². The number of aliphatic imine (C=N–C) groups is 1. The van der Waals surface area contributed by atoms with Crippen LogP contribution in [-0.2, 0) is 0 Å². The van der Waals surface area contributed by atoms with Crippen LogP contribution in [0.3, 0.4) is 0 Å². The van der Waals surface area contributed by atoms with E-state index in [0.717, 1.165) is 44.6 Å². The van der Waals surface area contributed by atoms with Crippen LogP contribution in [0.1, 0.15) is 16.7 Å². The van der Waals surface area contributed by atoms with Crippen molar-refractivity contribution in [2.75, 3.05) is 7.11 Å². The molecule has 1 heterocycles. The fraction of sp³-hybridized carbons (Fsp3) is 0.0400. The zero-order valence-corrected chi connectivity index (χ0v) is 16.0. The number of hydrogen-bond donors (Lipinski definition) is 1. The molecule has 4 nitrogen and oxygen atoms in total. The van der Waals surface area contributed by atoms with Gasteiger partial charge in [-0.25, -0.2) is 4.99 Å². The second-order valence-corrected chi connectivity index (χ2v) is 6.81. The molecule has 0 unspecified atom stereocenters. The molecule has 4 aromatic rings. The highest BCUT2D eigenvalue weighted by Crippen LogP contribution is 2.33. The Balaban J connectivity index is 1.74. The van der Waals surface area contributed by atoms with Crippen molar-refractivity contribution in [3.05, 3.63) is 108 Å². The number of ether oxygens (including phenoxy) is 1. The third-order valence-electron chi connectivity index (χ3n) is 5.06. The van der Waals surface area contributed by atoms with Gasteiger partial charge in [-0.2, -0.15) is 5.10 Å². The van der Waals surface area contributed by atoms with Gasteiger partial charge in [0.2, 0.25) is 0 Å². The highest BCUT2D eigenvalue weighted by molar-refractivity contribution is 6.21. The lowest BCUT2D eigenvalue weighted by Gasteiger charge is -2.10. The maximum Gasteiger partial charge on any atom is 0.154 e. The summed E-state index contributed by atoms with van der Waals surface area (Å²) in [5.74, 6) is 1.51. The molecule has 5 rings (SSSR count). The lowest BCUT2D eigenvalue weighted by Crippen LogP contribution is -2.19. The summed E-state index contributed by atoms with van der Waals surface area (Å²) >= 11 is 0. The van der Waals surface area contributed by atoms with Gasteiger partial charge in [0.15, 0.2) is 5.84 Å². The average Bonchev–Trinajstić information content (AvgIpc) is 3.00. The van der Waals surface area contributed by atoms with Gasteiger partial charge in [0, 0.05) is 22.1 Å². The van der Waals surface area contributed by atoms with E-state index in [4.69, 9.17) is 14.8 Å². The number of benzene rings is 4. The summed E-state index contributed by atoms with van der Waals surface area (Å²) in [6.45, 7) is 0. The number of methoxy groups -OCH3 is 1. The van der Waals surface area contributed by atoms with E-state index in [1.807, 2.05) is 54.6 Å². The van der Waals surface area contributed by atoms with Crippen LogP contribution in [0, 0.1) is 0 Å². The number of rotatable bonds is 3. The largest absolute Gasteiger partial charge is 0.497 e. The highest BCUT2D eigenvalue weighted by Gasteiger charge is 2.19. The van der Waals surface area contributed by atoms with Crippen LogP contribution in [0.25, 0.3) is 10.8 Å². The van der Waals surface area contributed by atoms with Gasteiger partial charge in [-0.05, 0) is 35.7 Å². The fourth-order valence-corrected chi connectivity index (χ4v) is 3.57. The van der Waals surface area contributed by atoms with Gasteiger partial charge in [-0.3, -0.25) is 5.43 Å². The number of amidine groups is 1. The first-order valence-electron chi connectivity index (χ1n) is 9.48. The Morgan fingerprint density at radius 3 is 2.28 bits per heavy atom. The predicted octanol–water partition coefficient (Wildman–Crippen LogP) is 5.28. The van der Waals surface area contributed by atoms with Crippen molar-refractivity contribution < 1.29 is 4.74 Å². The molecule has 1 aliphatic heterocycles. The molecule has 0 saturated carbocycles. The molecule has 0 radical (unpaired) electrons. The van der Waals surface area contributed by atoms with Crippen LogP contribution in [-0.4, -0.2) is 18.7 Å². The van der Waals surface area contributed by atoms with Crippen molar-refractivity contribution in [3.8, 4) is 5.75 Å². The number of hydrazone groups is 1. The first kappa shape index (κ1) is 17.2. The van der Waals surface area contributed by atoms with Crippen molar-refractivity contribution in [1.82, 2.24) is 5.43 Å². The van der Waals surface area contributed by atoms with Gasteiger partial charge in [-0.1, -0.05) is 60.7 Å². The van der Waals surface area contributed by atoms with Gasteiger partial charge in [0.05, 0.1) is 18.5 Å². The molecule has 0 atom stereocenters. The number of hydrogen-bond acceptors (Lipinski definition) is 4. The minimum absolute atomic E-state index is 0.705. The Bertz CT molecular complexity index is 1240. The van der Waals surface area contributed by atoms with E-state index < -0.39 is 0 Å². The lowest BCUT2D eigenvalue weighted by atomic mass is 9.97. The average molecular weight is 377 g/mol. The van der Waals surface area contributed by atoms with Crippen molar-refractivity contribution >= 4 is 28.0 Å². The highest BCUT2D eigenvalue weighted by atomic mass is 16.5. The van der Waals surface area contributed by atoms with E-state index in [2.05, 4.69) is 41.8 Å². The first-order chi connectivity index (χ1) is 14.3. The maximum absolute atomic E-state index is 5.28. The quantitative estimate of drug-likeness (QED) is 0.528. The summed E-state index contributed by atoms with van der Waals surface area (Å²) in [5, 5.41) is 7.00. The molecule has 4 heteroatoms. The molecule has 0 bridgehead atoms. The van der Waals surface area contributed by atoms with Gasteiger partial charge in [0.25, 0.3) is 0 Å². The molecular formula is C25H19N3O. The smallest absolute Gasteiger partial charge is 0.154 e. The van der Waals surface area contributed by atoms with E-state index in [-0.39, 0.29) is 0 Å². The second-order valence-electron chi connectivity index (χ2n) is 6.81. The standard InChI is InChI=1S/C25H19N3O/c1-29-20-14-11-19(12-15-20)25-26-24-21-10-6-5-7-17(21)13-16-22(24)23(27-28-25)18-8-3-2-4-9-18/h2-16H,1H3,(H,26,28). The molecule has 4 aromatic carbocycles. The third kappa shape index (κ3) is 3.15. The molecule has 0 aliphatic carbocycles. The van der Waals surface area contributed by atoms with Crippen LogP contribution in [0.2, 0.25) is 0 Å². The summed E-state index contributed by atoms with van der Waals surface area (Å²) in [7, 11) is 1.66. The molecule has 0 amide bonds. The molecule has 0 aromatic heterocycles. The van der Waals surface area contributed by atoms with Crippen LogP contribution >= 0.6 is 0 Å². The summed E-state index contributed by atoms with van der Waals surface area (Å²) in [4.78, 5) is 5.02. The van der Waals surface area contributed by atoms with Crippen LogP contribution in [0.4, 0.5) is 5.69 Å². The van der Waals surface area contributed by atoms with Gasteiger partial charge < -0.3 is 4.74 Å². The molecule has 0 saturated heterocycles. The predicted molar refractivity (Wildman–Crippen MR) is 118 cm³/mol. The fourth-order valence-electron chi connectivity index (χ4n) is 3.57. The van der Waals surface area contributed by atoms with Crippen LogP contribution < -0.4 is 10.2 Å². The lowest BCUT2D eigenvalue weighted by molar-refractivity contribution is 0.415. The van der Waals surface area contributed by atoms with Crippen molar-refractivity contribution in [3.63, 3.8) is 0 Å². The van der Waals surface area contributed by atoms with Crippen LogP contribution in [0.15, 0.2) is 101 Å². The molecule has 29 heavy (non-hydrogen) atoms. The molecular weight excluding hydrogens is 358 g/mol. The zero-order valence-electron chi connectivity index (χ0n) is 16.0. The van der Waals surface area contributed by atoms with E-state index in [1.165, 1.54) is 0 Å². The Hall–Kier alpha value is -3.92. The molecule has 1 N–H and O–H groups in total. The number of nitrogens with one attached hydrogen (secondary N) is 1. The second kappa shape index (κ2) is 7.24. The monoisotopic (exact) mass is 377 g/mol. The van der Waals surface area contributed by atoms with Gasteiger partial charge in [-0.15, -0.1) is 0 Å². The third-order valence-corrected chi connectivity index (χ3v) is 5.06. The molecule has 0 fully saturated rings. The summed E-state index contributed by atoms with van der Waals surface area (Å²) in [6.07, 6.45) is 0. The van der Waals surface area contributed by atoms with Gasteiger partial charge in [0.1, 0.15) is 5.75 Å². The summed E-state index contributed by atoms with van der Waals surface area (Å²) in [6, 6.07) is 30.5. The zero-order chi connectivity index (χ0) is 19.6. The van der Waals surface area contributed by atoms with E-state index in [0.29, 0.717) is 5.84 Å². The maximum atomic E-state index is 5.28. The van der Waals surface area contributed by atoms with E-state index in [1.54, 1.807) is 7.11 Å². The summed E-state index contributed by atoms with van der Waals surface area (Å²) < 4.78 is 5.28. The molecule has 1 aliphatic rings. The first-order valence-corrected chi connectivity index (χ1v) is 9.48. The van der Waals surface area contributed by atoms with Crippen molar-refractivity contribution in [2.45, 2.75) is 0 Å². The van der Waals surface area contributed by atoms with Crippen molar-refractivity contribution in [2.24, 2.45) is 10.1 Å². The Kier molecular flexibility index (Phi) is 4.30. The normalized spacial score (nSPS) is 13.0. The molecule has 140 valence electrons. The number of nitrogens with zero attached hydrogens (tertiary/aromatic N) is 2. The number of fused-ring (bicyclic) bond motifs is 3. The Morgan fingerprint density at radius 2 is 1.48 bits per heavy atom. The Morgan fingerprint density at radius 1 is 0.724 bits per heavy atom. The van der Waals surface area contributed by atoms with Crippen LogP contribution in [0.5, 0.6) is 5.75 Å².